The molecule has 1 heterocycles. The zero-order chi connectivity index (χ0) is 11.5. The lowest BCUT2D eigenvalue weighted by Gasteiger charge is -2.37. The maximum atomic E-state index is 12.6. The first-order chi connectivity index (χ1) is 6.88. The van der Waals surface area contributed by atoms with Crippen LogP contribution in [0.4, 0.5) is 17.7 Å². The van der Waals surface area contributed by atoms with Crippen LogP contribution in [-0.4, -0.2) is 30.2 Å². The first-order valence-electron chi connectivity index (χ1n) is 5.02. The Hall–Kier alpha value is -0.360. The van der Waals surface area contributed by atoms with Crippen molar-refractivity contribution >= 4 is 0 Å². The van der Waals surface area contributed by atoms with E-state index < -0.39 is 23.6 Å². The van der Waals surface area contributed by atoms with Crippen molar-refractivity contribution in [3.05, 3.63) is 0 Å². The fourth-order valence-corrected chi connectivity index (χ4v) is 1.01. The molecular weight excluding hydrogens is 214 g/mol. The monoisotopic (exact) mass is 229 g/mol. The van der Waals surface area contributed by atoms with Gasteiger partial charge in [-0.05, 0) is 0 Å². The van der Waals surface area contributed by atoms with E-state index in [0.29, 0.717) is 6.92 Å². The van der Waals surface area contributed by atoms with Crippen LogP contribution >= 0.6 is 0 Å². The van der Waals surface area contributed by atoms with Crippen molar-refractivity contribution in [2.24, 2.45) is 0 Å². The van der Waals surface area contributed by atoms with Gasteiger partial charge in [-0.3, -0.25) is 0 Å². The van der Waals surface area contributed by atoms with Gasteiger partial charge in [-0.15, -0.1) is 4.48 Å². The number of nitrogens with zero attached hydrogens (tertiary/aromatic N) is 1. The lowest BCUT2D eigenvalue weighted by Crippen LogP contribution is -2.58. The molecule has 0 aromatic rings. The minimum Gasteiger partial charge on any atom is -0.339 e. The fraction of sp³-hybridized carbons (Fsp3) is 1.00. The highest BCUT2D eigenvalue weighted by atomic mass is 19.3. The van der Waals surface area contributed by atoms with Crippen LogP contribution < -0.4 is 0 Å². The van der Waals surface area contributed by atoms with Gasteiger partial charge in [0.05, 0.1) is 13.2 Å². The maximum Gasteiger partial charge on any atom is 0.387 e. The Morgan fingerprint density at radius 1 is 1.07 bits per heavy atom. The van der Waals surface area contributed by atoms with E-state index in [1.807, 2.05) is 0 Å². The van der Waals surface area contributed by atoms with Gasteiger partial charge in [-0.25, -0.2) is 4.39 Å². The smallest absolute Gasteiger partial charge is 0.339 e. The molecule has 2 nitrogen and oxygen atoms in total. The number of hydrogen-bond donors (Lipinski definition) is 0. The summed E-state index contributed by atoms with van der Waals surface area (Å²) in [6, 6.07) is -4.19. The Kier molecular flexibility index (Phi) is 3.94. The van der Waals surface area contributed by atoms with Crippen LogP contribution in [0.15, 0.2) is 0 Å². The van der Waals surface area contributed by atoms with E-state index in [1.54, 1.807) is 0 Å². The van der Waals surface area contributed by atoms with Crippen LogP contribution in [0.25, 0.3) is 0 Å². The average Bonchev–Trinajstić information content (AvgIpc) is 1.97. The quantitative estimate of drug-likeness (QED) is 0.359. The Bertz CT molecular complexity index is 202. The summed E-state index contributed by atoms with van der Waals surface area (Å²) in [5.41, 5.74) is 0. The molecule has 0 aromatic carbocycles. The molecule has 0 aromatic heterocycles. The van der Waals surface area contributed by atoms with Gasteiger partial charge >= 0.3 is 6.05 Å². The predicted octanol–water partition coefficient (Wildman–Crippen LogP) is 3.04. The summed E-state index contributed by atoms with van der Waals surface area (Å²) in [6.07, 6.45) is 6.00. The fourth-order valence-electron chi connectivity index (χ4n) is 1.01. The topological polar surface area (TPSA) is 12.5 Å². The lowest BCUT2D eigenvalue weighted by atomic mass is 10.0. The van der Waals surface area contributed by atoms with Crippen molar-refractivity contribution in [1.29, 1.82) is 0 Å². The molecule has 0 bridgehead atoms. The van der Waals surface area contributed by atoms with Crippen molar-refractivity contribution in [3.8, 4) is 0 Å². The molecule has 1 saturated heterocycles. The molecule has 1 aliphatic carbocycles. The normalized spacial score (nSPS) is 35.0. The molecule has 0 spiro atoms. The third kappa shape index (κ3) is 2.81. The Morgan fingerprint density at radius 3 is 1.80 bits per heavy atom. The molecule has 6 heteroatoms. The zero-order valence-corrected chi connectivity index (χ0v) is 8.61. The largest absolute Gasteiger partial charge is 0.387 e. The van der Waals surface area contributed by atoms with Crippen molar-refractivity contribution < 1.29 is 22.4 Å². The van der Waals surface area contributed by atoms with Gasteiger partial charge in [0.25, 0.3) is 5.85 Å². The molecule has 90 valence electrons. The summed E-state index contributed by atoms with van der Waals surface area (Å²) in [4.78, 5) is 0. The summed E-state index contributed by atoms with van der Waals surface area (Å²) in [5, 5.41) is -0.851. The minimum atomic E-state index is -4.19. The van der Waals surface area contributed by atoms with Crippen molar-refractivity contribution in [2.45, 2.75) is 44.5 Å². The molecule has 1 aliphatic heterocycles. The van der Waals surface area contributed by atoms with E-state index in [1.165, 1.54) is 25.7 Å². The van der Waals surface area contributed by atoms with E-state index in [9.17, 15) is 17.7 Å². The molecule has 1 unspecified atom stereocenters. The number of hydrogen-bond acceptors (Lipinski definition) is 2. The van der Waals surface area contributed by atoms with Gasteiger partial charge in [-0.2, -0.15) is 8.78 Å². The van der Waals surface area contributed by atoms with Gasteiger partial charge in [0.1, 0.15) is 0 Å². The van der Waals surface area contributed by atoms with Crippen LogP contribution in [0.5, 0.6) is 0 Å². The lowest BCUT2D eigenvalue weighted by molar-refractivity contribution is -0.393. The van der Waals surface area contributed by atoms with E-state index in [2.05, 4.69) is 4.74 Å². The van der Waals surface area contributed by atoms with Gasteiger partial charge < -0.3 is 4.74 Å². The van der Waals surface area contributed by atoms with Crippen molar-refractivity contribution in [3.63, 3.8) is 0 Å². The average molecular weight is 229 g/mol. The molecule has 2 fully saturated rings. The highest BCUT2D eigenvalue weighted by Crippen LogP contribution is 2.39. The molecule has 1 saturated carbocycles. The van der Waals surface area contributed by atoms with Crippen LogP contribution in [-0.2, 0) is 4.74 Å². The molecular formula is C9H15F4NO. The number of halogens is 4. The van der Waals surface area contributed by atoms with Crippen LogP contribution in [0.1, 0.15) is 32.6 Å². The Balaban J connectivity index is 0.000000234. The molecule has 15 heavy (non-hydrogen) atoms. The zero-order valence-electron chi connectivity index (χ0n) is 8.61. The highest BCUT2D eigenvalue weighted by molar-refractivity contribution is 4.82. The summed E-state index contributed by atoms with van der Waals surface area (Å²) in [7, 11) is 0. The van der Waals surface area contributed by atoms with E-state index in [-0.39, 0.29) is 6.61 Å². The second kappa shape index (κ2) is 4.65. The van der Waals surface area contributed by atoms with Crippen LogP contribution in [0, 0.1) is 0 Å². The van der Waals surface area contributed by atoms with Gasteiger partial charge in [0, 0.05) is 6.92 Å². The number of rotatable bonds is 0. The minimum absolute atomic E-state index is 0.376. The number of ether oxygens (including phenoxy) is 1. The number of alkyl halides is 3. The number of morpholine rings is 1. The molecule has 2 rings (SSSR count). The second-order valence-corrected chi connectivity index (χ2v) is 3.81. The van der Waals surface area contributed by atoms with Gasteiger partial charge in [0.2, 0.25) is 0 Å². The first-order valence-corrected chi connectivity index (χ1v) is 5.02. The van der Waals surface area contributed by atoms with Crippen LogP contribution in [0.2, 0.25) is 0 Å². The van der Waals surface area contributed by atoms with Crippen molar-refractivity contribution in [1.82, 2.24) is 5.12 Å². The molecule has 0 amide bonds. The molecule has 0 N–H and O–H groups in total. The molecule has 1 atom stereocenters. The van der Waals surface area contributed by atoms with E-state index >= 15 is 0 Å². The molecule has 2 aliphatic rings. The van der Waals surface area contributed by atoms with E-state index in [4.69, 9.17) is 0 Å². The third-order valence-corrected chi connectivity index (χ3v) is 2.50. The summed E-state index contributed by atoms with van der Waals surface area (Å²) >= 11 is 0. The summed E-state index contributed by atoms with van der Waals surface area (Å²) in [6.45, 7) is -0.496. The molecule has 0 radical (unpaired) electrons. The summed E-state index contributed by atoms with van der Waals surface area (Å²) < 4.78 is 53.8. The Labute approximate surface area is 86.1 Å². The predicted molar refractivity (Wildman–Crippen MR) is 46.7 cm³/mol. The standard InChI is InChI=1S/C5H7F4NO.C4H8/c1-4(6)5(7,8)10(9)2-3-11-4;1-2-4-3-1/h2-3H2,1H3;1-4H2. The van der Waals surface area contributed by atoms with Gasteiger partial charge in [0.15, 0.2) is 0 Å². The van der Waals surface area contributed by atoms with E-state index in [0.717, 1.165) is 0 Å². The first kappa shape index (κ1) is 12.7. The summed E-state index contributed by atoms with van der Waals surface area (Å²) in [5.74, 6) is -3.24. The second-order valence-electron chi connectivity index (χ2n) is 3.81. The third-order valence-electron chi connectivity index (χ3n) is 2.50. The van der Waals surface area contributed by atoms with Gasteiger partial charge in [-0.1, -0.05) is 30.8 Å². The Morgan fingerprint density at radius 2 is 1.53 bits per heavy atom. The van der Waals surface area contributed by atoms with Crippen molar-refractivity contribution in [2.75, 3.05) is 13.2 Å². The van der Waals surface area contributed by atoms with Crippen LogP contribution in [0.3, 0.4) is 0 Å². The maximum absolute atomic E-state index is 12.6. The highest BCUT2D eigenvalue weighted by Gasteiger charge is 2.60. The SMILES string of the molecule is C1CCC1.CC1(F)OCCN(F)C1(F)F.